The van der Waals surface area contributed by atoms with Gasteiger partial charge in [0, 0.05) is 46.9 Å². The van der Waals surface area contributed by atoms with Gasteiger partial charge in [-0.2, -0.15) is 0 Å². The van der Waals surface area contributed by atoms with E-state index in [9.17, 15) is 10.2 Å². The molecule has 198 valence electrons. The number of piperidine rings is 1. The Morgan fingerprint density at radius 1 is 1.22 bits per heavy atom. The molecule has 4 saturated carbocycles. The van der Waals surface area contributed by atoms with Crippen molar-refractivity contribution < 1.29 is 19.7 Å². The van der Waals surface area contributed by atoms with Crippen LogP contribution in [0.4, 0.5) is 0 Å². The number of aryl methyl sites for hydroxylation is 1. The highest BCUT2D eigenvalue weighted by atomic mass is 32.1. The second-order valence-corrected chi connectivity index (χ2v) is 14.4. The molecule has 1 aromatic carbocycles. The summed E-state index contributed by atoms with van der Waals surface area (Å²) in [5.41, 5.74) is 1.11. The van der Waals surface area contributed by atoms with Gasteiger partial charge in [-0.3, -0.25) is 4.90 Å². The van der Waals surface area contributed by atoms with Gasteiger partial charge in [-0.1, -0.05) is 12.1 Å². The Labute approximate surface area is 223 Å². The van der Waals surface area contributed by atoms with Crippen LogP contribution in [-0.2, 0) is 23.0 Å². The number of phenolic OH excluding ortho intramolecular Hbond substituents is 1. The van der Waals surface area contributed by atoms with E-state index in [1.807, 2.05) is 13.2 Å². The third kappa shape index (κ3) is 2.81. The van der Waals surface area contributed by atoms with Crippen molar-refractivity contribution in [3.05, 3.63) is 45.6 Å². The molecule has 2 spiro atoms. The lowest BCUT2D eigenvalue weighted by Crippen LogP contribution is -2.82. The Morgan fingerprint density at radius 2 is 2.08 bits per heavy atom. The van der Waals surface area contributed by atoms with E-state index < -0.39 is 11.2 Å². The van der Waals surface area contributed by atoms with E-state index >= 15 is 0 Å². The van der Waals surface area contributed by atoms with Crippen LogP contribution < -0.4 is 4.74 Å². The number of hydrogen-bond acceptors (Lipinski definition) is 6. The number of aliphatic hydroxyl groups is 1. The van der Waals surface area contributed by atoms with Gasteiger partial charge in [0.25, 0.3) is 0 Å². The molecule has 3 heterocycles. The quantitative estimate of drug-likeness (QED) is 0.533. The second-order valence-electron chi connectivity index (χ2n) is 13.3. The molecule has 6 heteroatoms. The van der Waals surface area contributed by atoms with Crippen LogP contribution in [0, 0.1) is 17.3 Å². The average Bonchev–Trinajstić information content (AvgIpc) is 3.40. The summed E-state index contributed by atoms with van der Waals surface area (Å²) < 4.78 is 13.5. The summed E-state index contributed by atoms with van der Waals surface area (Å²) in [7, 11) is 1.84. The van der Waals surface area contributed by atoms with Crippen LogP contribution in [0.1, 0.15) is 67.9 Å². The number of benzene rings is 1. The highest BCUT2D eigenvalue weighted by Crippen LogP contribution is 2.77. The standard InChI is InChI=1S/C31H39NO4S/c1-28(34,10-9-21-4-3-15-37-21)23-17-29-11-12-31(23,35-2)27-30(29)13-14-32(18-19-5-6-19)24(29)16-20-7-8-22(33)26(36-27)25(20)30/h3-4,7-8,15,19,23-24,27,33-34H,5-6,9-14,16-18H2,1-2H3. The van der Waals surface area contributed by atoms with E-state index in [0.717, 1.165) is 57.4 Å². The number of thiophene rings is 1. The van der Waals surface area contributed by atoms with Crippen LogP contribution in [0.25, 0.3) is 0 Å². The zero-order valence-corrected chi connectivity index (χ0v) is 22.9. The van der Waals surface area contributed by atoms with E-state index in [4.69, 9.17) is 9.47 Å². The maximum atomic E-state index is 12.3. The zero-order valence-electron chi connectivity index (χ0n) is 22.0. The SMILES string of the molecule is COC12CCC3(CC1C(C)(O)CCc1cccs1)C1Cc4ccc(O)c5c4C3(CCN1CC1CC1)C2O5. The lowest BCUT2D eigenvalue weighted by molar-refractivity contribution is -0.302. The minimum Gasteiger partial charge on any atom is -0.504 e. The fraction of sp³-hybridized carbons (Fsp3) is 0.677. The normalized spacial score (nSPS) is 40.8. The average molecular weight is 522 g/mol. The number of nitrogens with zero attached hydrogens (tertiary/aromatic N) is 1. The molecular weight excluding hydrogens is 482 g/mol. The van der Waals surface area contributed by atoms with Crippen LogP contribution in [0.5, 0.6) is 11.5 Å². The molecule has 1 saturated heterocycles. The van der Waals surface area contributed by atoms with E-state index in [1.54, 1.807) is 11.3 Å². The first-order valence-corrected chi connectivity index (χ1v) is 15.3. The number of rotatable bonds is 7. The molecule has 2 aromatic rings. The minimum atomic E-state index is -0.870. The summed E-state index contributed by atoms with van der Waals surface area (Å²) in [5, 5.41) is 25.4. The van der Waals surface area contributed by atoms with Gasteiger partial charge in [-0.25, -0.2) is 0 Å². The Balaban J connectivity index is 1.28. The first-order chi connectivity index (χ1) is 17.8. The van der Waals surface area contributed by atoms with Crippen molar-refractivity contribution in [1.82, 2.24) is 4.90 Å². The molecule has 0 amide bonds. The molecular formula is C31H39NO4S. The summed E-state index contributed by atoms with van der Waals surface area (Å²) in [4.78, 5) is 4.16. The Hall–Kier alpha value is -1.60. The fourth-order valence-electron chi connectivity index (χ4n) is 10.1. The second kappa shape index (κ2) is 7.53. The summed E-state index contributed by atoms with van der Waals surface area (Å²) in [6.45, 7) is 4.36. The number of phenols is 1. The molecule has 5 nitrogen and oxygen atoms in total. The van der Waals surface area contributed by atoms with Gasteiger partial charge in [-0.15, -0.1) is 11.3 Å². The van der Waals surface area contributed by atoms with Gasteiger partial charge in [0.1, 0.15) is 11.7 Å². The fourth-order valence-corrected chi connectivity index (χ4v) is 10.8. The minimum absolute atomic E-state index is 0.0155. The van der Waals surface area contributed by atoms with E-state index in [1.165, 1.54) is 35.4 Å². The highest BCUT2D eigenvalue weighted by Gasteiger charge is 2.81. The molecule has 37 heavy (non-hydrogen) atoms. The maximum Gasteiger partial charge on any atom is 0.165 e. The van der Waals surface area contributed by atoms with Crippen molar-refractivity contribution in [1.29, 1.82) is 0 Å². The summed E-state index contributed by atoms with van der Waals surface area (Å²) in [5.74, 6) is 1.82. The maximum absolute atomic E-state index is 12.3. The van der Waals surface area contributed by atoms with E-state index in [-0.39, 0.29) is 28.6 Å². The van der Waals surface area contributed by atoms with Gasteiger partial charge >= 0.3 is 0 Å². The van der Waals surface area contributed by atoms with Crippen molar-refractivity contribution in [2.75, 3.05) is 20.2 Å². The van der Waals surface area contributed by atoms with E-state index in [2.05, 4.69) is 35.4 Å². The van der Waals surface area contributed by atoms with Gasteiger partial charge in [0.2, 0.25) is 0 Å². The van der Waals surface area contributed by atoms with Crippen LogP contribution in [0.15, 0.2) is 29.6 Å². The number of hydrogen-bond donors (Lipinski definition) is 2. The molecule has 0 radical (unpaired) electrons. The van der Waals surface area contributed by atoms with Crippen LogP contribution >= 0.6 is 11.3 Å². The Kier molecular flexibility index (Phi) is 4.74. The summed E-state index contributed by atoms with van der Waals surface area (Å²) in [6, 6.07) is 8.75. The zero-order chi connectivity index (χ0) is 25.2. The Morgan fingerprint density at radius 3 is 2.84 bits per heavy atom. The molecule has 7 unspecified atom stereocenters. The third-order valence-corrected chi connectivity index (χ3v) is 12.8. The van der Waals surface area contributed by atoms with Gasteiger partial charge in [0.05, 0.1) is 5.60 Å². The number of ether oxygens (including phenoxy) is 2. The predicted octanol–water partition coefficient (Wildman–Crippen LogP) is 5.06. The molecule has 7 atom stereocenters. The monoisotopic (exact) mass is 521 g/mol. The van der Waals surface area contributed by atoms with Crippen LogP contribution in [0.3, 0.4) is 0 Å². The number of fused-ring (bicyclic) bond motifs is 2. The van der Waals surface area contributed by atoms with Crippen LogP contribution in [0.2, 0.25) is 0 Å². The van der Waals surface area contributed by atoms with Gasteiger partial charge < -0.3 is 19.7 Å². The van der Waals surface area contributed by atoms with Crippen molar-refractivity contribution in [3.63, 3.8) is 0 Å². The summed E-state index contributed by atoms with van der Waals surface area (Å²) >= 11 is 1.77. The third-order valence-electron chi connectivity index (χ3n) is 11.9. The molecule has 4 bridgehead atoms. The van der Waals surface area contributed by atoms with Crippen molar-refractivity contribution >= 4 is 11.3 Å². The largest absolute Gasteiger partial charge is 0.504 e. The molecule has 9 rings (SSSR count). The highest BCUT2D eigenvalue weighted by molar-refractivity contribution is 7.09. The van der Waals surface area contributed by atoms with Gasteiger partial charge in [0.15, 0.2) is 11.5 Å². The van der Waals surface area contributed by atoms with Crippen molar-refractivity contribution in [2.24, 2.45) is 17.3 Å². The number of aromatic hydroxyl groups is 1. The predicted molar refractivity (Wildman–Crippen MR) is 143 cm³/mol. The topological polar surface area (TPSA) is 62.2 Å². The molecule has 7 aliphatic rings. The molecule has 2 N–H and O–H groups in total. The van der Waals surface area contributed by atoms with Crippen LogP contribution in [-0.4, -0.2) is 58.7 Å². The van der Waals surface area contributed by atoms with E-state index in [0.29, 0.717) is 11.8 Å². The molecule has 5 aliphatic carbocycles. The van der Waals surface area contributed by atoms with Crippen molar-refractivity contribution in [3.8, 4) is 11.5 Å². The first kappa shape index (κ1) is 23.3. The Bertz CT molecular complexity index is 1240. The number of methoxy groups -OCH3 is 1. The molecule has 1 aromatic heterocycles. The lowest BCUT2D eigenvalue weighted by atomic mass is 9.33. The smallest absolute Gasteiger partial charge is 0.165 e. The van der Waals surface area contributed by atoms with Gasteiger partial charge in [-0.05, 0) is 100 Å². The first-order valence-electron chi connectivity index (χ1n) is 14.4. The summed E-state index contributed by atoms with van der Waals surface area (Å²) in [6.07, 6.45) is 9.25. The van der Waals surface area contributed by atoms with Crippen molar-refractivity contribution in [2.45, 2.75) is 93.5 Å². The molecule has 2 aliphatic heterocycles. The number of likely N-dealkylation sites (tertiary alicyclic amines) is 1. The lowest BCUT2D eigenvalue weighted by Gasteiger charge is -2.75. The molecule has 5 fully saturated rings.